The maximum atomic E-state index is 12.0. The summed E-state index contributed by atoms with van der Waals surface area (Å²) in [4.78, 5) is 12.0. The van der Waals surface area contributed by atoms with E-state index in [4.69, 9.17) is 16.3 Å². The molecule has 1 aliphatic heterocycles. The predicted molar refractivity (Wildman–Crippen MR) is 63.1 cm³/mol. The number of morpholine rings is 1. The summed E-state index contributed by atoms with van der Waals surface area (Å²) < 4.78 is 5.41. The van der Waals surface area contributed by atoms with E-state index in [1.807, 2.05) is 13.0 Å². The Morgan fingerprint density at radius 1 is 1.56 bits per heavy atom. The van der Waals surface area contributed by atoms with Crippen molar-refractivity contribution in [3.8, 4) is 0 Å². The van der Waals surface area contributed by atoms with Crippen LogP contribution in [0.3, 0.4) is 0 Å². The van der Waals surface area contributed by atoms with E-state index in [1.54, 1.807) is 12.1 Å². The van der Waals surface area contributed by atoms with Crippen LogP contribution in [-0.2, 0) is 4.74 Å². The number of hydrogen-bond donors (Lipinski definition) is 1. The highest BCUT2D eigenvalue weighted by molar-refractivity contribution is 6.31. The van der Waals surface area contributed by atoms with Gasteiger partial charge < -0.3 is 10.1 Å². The van der Waals surface area contributed by atoms with E-state index in [0.29, 0.717) is 23.7 Å². The third kappa shape index (κ3) is 2.43. The Morgan fingerprint density at radius 3 is 3.00 bits per heavy atom. The Labute approximate surface area is 99.7 Å². The van der Waals surface area contributed by atoms with Gasteiger partial charge in [0.2, 0.25) is 0 Å². The number of benzene rings is 1. The third-order valence-electron chi connectivity index (χ3n) is 2.68. The van der Waals surface area contributed by atoms with Crippen LogP contribution in [0.1, 0.15) is 15.9 Å². The van der Waals surface area contributed by atoms with Gasteiger partial charge in [-0.2, -0.15) is 0 Å². The van der Waals surface area contributed by atoms with E-state index in [2.05, 4.69) is 5.32 Å². The molecule has 2 rings (SSSR count). The first-order valence-electron chi connectivity index (χ1n) is 5.31. The van der Waals surface area contributed by atoms with Crippen molar-refractivity contribution in [3.05, 3.63) is 34.3 Å². The molecule has 86 valence electrons. The van der Waals surface area contributed by atoms with Crippen molar-refractivity contribution in [2.24, 2.45) is 0 Å². The predicted octanol–water partition coefficient (Wildman–Crippen LogP) is 1.82. The Hall–Kier alpha value is -0.900. The molecule has 1 unspecified atom stereocenters. The molecule has 0 spiro atoms. The quantitative estimate of drug-likeness (QED) is 0.801. The molecule has 4 heteroatoms. The molecule has 1 fully saturated rings. The molecule has 1 heterocycles. The van der Waals surface area contributed by atoms with Crippen LogP contribution >= 0.6 is 11.6 Å². The maximum Gasteiger partial charge on any atom is 0.192 e. The number of ether oxygens (including phenoxy) is 1. The summed E-state index contributed by atoms with van der Waals surface area (Å²) in [6.07, 6.45) is -0.382. The zero-order chi connectivity index (χ0) is 11.5. The Morgan fingerprint density at radius 2 is 2.38 bits per heavy atom. The monoisotopic (exact) mass is 239 g/mol. The lowest BCUT2D eigenvalue weighted by atomic mass is 10.0. The van der Waals surface area contributed by atoms with Gasteiger partial charge in [-0.1, -0.05) is 23.7 Å². The molecule has 0 amide bonds. The van der Waals surface area contributed by atoms with Crippen LogP contribution < -0.4 is 5.32 Å². The van der Waals surface area contributed by atoms with E-state index in [1.165, 1.54) is 0 Å². The minimum Gasteiger partial charge on any atom is -0.367 e. The number of halogens is 1. The van der Waals surface area contributed by atoms with Crippen LogP contribution in [0.5, 0.6) is 0 Å². The molecular formula is C12H14ClNO2. The van der Waals surface area contributed by atoms with Crippen molar-refractivity contribution >= 4 is 17.4 Å². The lowest BCUT2D eigenvalue weighted by molar-refractivity contribution is 0.0269. The van der Waals surface area contributed by atoms with Crippen molar-refractivity contribution in [1.82, 2.24) is 5.32 Å². The molecule has 1 aromatic carbocycles. The van der Waals surface area contributed by atoms with Gasteiger partial charge in [0.1, 0.15) is 6.10 Å². The fourth-order valence-corrected chi connectivity index (χ4v) is 1.85. The van der Waals surface area contributed by atoms with E-state index in [-0.39, 0.29) is 11.9 Å². The first-order valence-corrected chi connectivity index (χ1v) is 5.69. The lowest BCUT2D eigenvalue weighted by Crippen LogP contribution is -2.43. The number of aryl methyl sites for hydroxylation is 1. The number of carbonyl (C=O) groups is 1. The molecule has 1 aromatic rings. The summed E-state index contributed by atoms with van der Waals surface area (Å²) in [7, 11) is 0. The second-order valence-electron chi connectivity index (χ2n) is 3.89. The Bertz CT molecular complexity index is 400. The Kier molecular flexibility index (Phi) is 3.59. The van der Waals surface area contributed by atoms with Gasteiger partial charge in [0.05, 0.1) is 6.61 Å². The van der Waals surface area contributed by atoms with Crippen molar-refractivity contribution in [2.45, 2.75) is 13.0 Å². The minimum absolute atomic E-state index is 0.00546. The molecule has 0 bridgehead atoms. The van der Waals surface area contributed by atoms with Crippen LogP contribution in [0.25, 0.3) is 0 Å². The van der Waals surface area contributed by atoms with Gasteiger partial charge >= 0.3 is 0 Å². The molecule has 0 aliphatic carbocycles. The molecule has 0 radical (unpaired) electrons. The smallest absolute Gasteiger partial charge is 0.192 e. The lowest BCUT2D eigenvalue weighted by Gasteiger charge is -2.22. The van der Waals surface area contributed by atoms with Gasteiger partial charge in [0.25, 0.3) is 0 Å². The molecule has 1 atom stereocenters. The number of rotatable bonds is 2. The zero-order valence-electron chi connectivity index (χ0n) is 9.13. The summed E-state index contributed by atoms with van der Waals surface area (Å²) >= 11 is 5.99. The standard InChI is InChI=1S/C12H14ClNO2/c1-8-2-3-9(6-10(8)13)12(15)11-7-14-4-5-16-11/h2-3,6,11,14H,4-5,7H2,1H3. The van der Waals surface area contributed by atoms with E-state index >= 15 is 0 Å². The first-order chi connectivity index (χ1) is 7.68. The second-order valence-corrected chi connectivity index (χ2v) is 4.30. The SMILES string of the molecule is Cc1ccc(C(=O)C2CNCCO2)cc1Cl. The van der Waals surface area contributed by atoms with Crippen molar-refractivity contribution in [1.29, 1.82) is 0 Å². The normalized spacial score (nSPS) is 20.8. The average Bonchev–Trinajstić information content (AvgIpc) is 2.33. The third-order valence-corrected chi connectivity index (χ3v) is 3.08. The van der Waals surface area contributed by atoms with Crippen LogP contribution in [0.15, 0.2) is 18.2 Å². The molecule has 1 saturated heterocycles. The topological polar surface area (TPSA) is 38.3 Å². The molecule has 0 saturated carbocycles. The summed E-state index contributed by atoms with van der Waals surface area (Å²) in [5.41, 5.74) is 1.59. The fraction of sp³-hybridized carbons (Fsp3) is 0.417. The fourth-order valence-electron chi connectivity index (χ4n) is 1.67. The second kappa shape index (κ2) is 4.95. The van der Waals surface area contributed by atoms with Crippen molar-refractivity contribution in [3.63, 3.8) is 0 Å². The highest BCUT2D eigenvalue weighted by Crippen LogP contribution is 2.18. The number of carbonyl (C=O) groups excluding carboxylic acids is 1. The molecule has 3 nitrogen and oxygen atoms in total. The van der Waals surface area contributed by atoms with E-state index in [9.17, 15) is 4.79 Å². The van der Waals surface area contributed by atoms with Crippen molar-refractivity contribution in [2.75, 3.05) is 19.7 Å². The summed E-state index contributed by atoms with van der Waals surface area (Å²) in [6.45, 7) is 3.87. The first kappa shape index (κ1) is 11.6. The number of hydrogen-bond acceptors (Lipinski definition) is 3. The molecule has 16 heavy (non-hydrogen) atoms. The van der Waals surface area contributed by atoms with Gasteiger partial charge in [-0.15, -0.1) is 0 Å². The molecule has 1 N–H and O–H groups in total. The van der Waals surface area contributed by atoms with Crippen LogP contribution in [0.2, 0.25) is 5.02 Å². The van der Waals surface area contributed by atoms with Gasteiger partial charge in [-0.3, -0.25) is 4.79 Å². The van der Waals surface area contributed by atoms with Crippen LogP contribution in [-0.4, -0.2) is 31.6 Å². The highest BCUT2D eigenvalue weighted by Gasteiger charge is 2.23. The molecular weight excluding hydrogens is 226 g/mol. The van der Waals surface area contributed by atoms with Gasteiger partial charge in [0, 0.05) is 23.7 Å². The van der Waals surface area contributed by atoms with Crippen LogP contribution in [0.4, 0.5) is 0 Å². The van der Waals surface area contributed by atoms with Gasteiger partial charge in [-0.25, -0.2) is 0 Å². The van der Waals surface area contributed by atoms with Gasteiger partial charge in [0.15, 0.2) is 5.78 Å². The van der Waals surface area contributed by atoms with Crippen LogP contribution in [0, 0.1) is 6.92 Å². The number of nitrogens with one attached hydrogen (secondary N) is 1. The minimum atomic E-state index is -0.382. The number of ketones is 1. The average molecular weight is 240 g/mol. The van der Waals surface area contributed by atoms with E-state index < -0.39 is 0 Å². The van der Waals surface area contributed by atoms with Crippen molar-refractivity contribution < 1.29 is 9.53 Å². The molecule has 0 aromatic heterocycles. The zero-order valence-corrected chi connectivity index (χ0v) is 9.88. The maximum absolute atomic E-state index is 12.0. The van der Waals surface area contributed by atoms with E-state index in [0.717, 1.165) is 12.1 Å². The summed E-state index contributed by atoms with van der Waals surface area (Å²) in [5.74, 6) is -0.00546. The highest BCUT2D eigenvalue weighted by atomic mass is 35.5. The largest absolute Gasteiger partial charge is 0.367 e. The van der Waals surface area contributed by atoms with Gasteiger partial charge in [-0.05, 0) is 18.6 Å². The summed E-state index contributed by atoms with van der Waals surface area (Å²) in [5, 5.41) is 3.75. The molecule has 1 aliphatic rings. The Balaban J connectivity index is 2.16. The summed E-state index contributed by atoms with van der Waals surface area (Å²) in [6, 6.07) is 5.35. The number of Topliss-reactive ketones (excluding diaryl/α,β-unsaturated/α-hetero) is 1.